The molecule has 5 aromatic heterocycles. The van der Waals surface area contributed by atoms with Gasteiger partial charge in [0, 0.05) is 55.0 Å². The van der Waals surface area contributed by atoms with Crippen molar-refractivity contribution < 1.29 is 22.8 Å². The first-order chi connectivity index (χ1) is 31.0. The zero-order valence-corrected chi connectivity index (χ0v) is 37.1. The maximum absolute atomic E-state index is 16.2. The molecule has 65 heavy (non-hydrogen) atoms. The summed E-state index contributed by atoms with van der Waals surface area (Å²) in [5.41, 5.74) is 3.81. The predicted octanol–water partition coefficient (Wildman–Crippen LogP) is 7.58. The van der Waals surface area contributed by atoms with E-state index in [0.29, 0.717) is 71.0 Å². The first kappa shape index (κ1) is 40.9. The summed E-state index contributed by atoms with van der Waals surface area (Å²) in [4.78, 5) is 47.4. The fraction of sp³-hybridized carbons (Fsp3) is 0.375. The third kappa shape index (κ3) is 6.21. The van der Waals surface area contributed by atoms with E-state index in [1.807, 2.05) is 35.4 Å². The zero-order chi connectivity index (χ0) is 45.4. The highest BCUT2D eigenvalue weighted by molar-refractivity contribution is 6.00. The third-order valence-corrected chi connectivity index (χ3v) is 14.0. The largest absolute Gasteiger partial charge is 0.438 e. The smallest absolute Gasteiger partial charge is 0.376 e. The fourth-order valence-electron chi connectivity index (χ4n) is 10.9. The molecule has 8 heterocycles. The monoisotopic (exact) mass is 882 g/mol. The highest BCUT2D eigenvalue weighted by atomic mass is 19.1. The SMILES string of the molecule is Cc1cc(-n2nc3c(c2-n2ccn(-c4ccc5c(cnn5C)c4F)c2=O)[C@@H]2CC[C@H](C3)N2C(=O)c2cc3cc([C@H]4CCOC(C)(C)C4)ccc3n2C(C)(C)c2noc(=O)[nH]2)cc(C)c1F. The lowest BCUT2D eigenvalue weighted by Gasteiger charge is -2.36. The van der Waals surface area contributed by atoms with Crippen LogP contribution in [-0.4, -0.2) is 72.5 Å². The molecule has 1 amide bonds. The van der Waals surface area contributed by atoms with Gasteiger partial charge in [-0.1, -0.05) is 11.2 Å². The number of hydrogen-bond acceptors (Lipinski definition) is 8. The topological polar surface area (TPSA) is 156 Å². The molecule has 334 valence electrons. The van der Waals surface area contributed by atoms with Gasteiger partial charge in [0.05, 0.1) is 45.8 Å². The predicted molar refractivity (Wildman–Crippen MR) is 237 cm³/mol. The van der Waals surface area contributed by atoms with E-state index in [2.05, 4.69) is 41.2 Å². The van der Waals surface area contributed by atoms with Gasteiger partial charge in [0.2, 0.25) is 0 Å². The fourth-order valence-corrected chi connectivity index (χ4v) is 10.9. The van der Waals surface area contributed by atoms with Gasteiger partial charge in [-0.2, -0.15) is 10.2 Å². The summed E-state index contributed by atoms with van der Waals surface area (Å²) in [6, 6.07) is 14.1. The van der Waals surface area contributed by atoms with Crippen LogP contribution in [0.3, 0.4) is 0 Å². The van der Waals surface area contributed by atoms with Gasteiger partial charge < -0.3 is 14.2 Å². The Morgan fingerprint density at radius 1 is 0.938 bits per heavy atom. The molecule has 1 N–H and O–H groups in total. The molecule has 2 bridgehead atoms. The van der Waals surface area contributed by atoms with E-state index < -0.39 is 28.8 Å². The minimum atomic E-state index is -1.06. The molecule has 0 saturated carbocycles. The van der Waals surface area contributed by atoms with Crippen LogP contribution in [0.4, 0.5) is 8.78 Å². The normalized spacial score (nSPS) is 19.5. The van der Waals surface area contributed by atoms with E-state index in [-0.39, 0.29) is 46.2 Å². The lowest BCUT2D eigenvalue weighted by atomic mass is 9.83. The zero-order valence-electron chi connectivity index (χ0n) is 37.1. The average molecular weight is 883 g/mol. The number of ether oxygens (including phenoxy) is 1. The molecule has 11 rings (SSSR count). The second-order valence-electron chi connectivity index (χ2n) is 19.1. The Labute approximate surface area is 370 Å². The minimum absolute atomic E-state index is 0.0491. The highest BCUT2D eigenvalue weighted by Gasteiger charge is 2.48. The lowest BCUT2D eigenvalue weighted by Crippen LogP contribution is -2.44. The van der Waals surface area contributed by atoms with E-state index >= 15 is 13.6 Å². The summed E-state index contributed by atoms with van der Waals surface area (Å²) in [7, 11) is 1.72. The summed E-state index contributed by atoms with van der Waals surface area (Å²) < 4.78 is 50.2. The molecule has 3 atom stereocenters. The quantitative estimate of drug-likeness (QED) is 0.172. The number of benzene rings is 3. The van der Waals surface area contributed by atoms with E-state index in [4.69, 9.17) is 14.4 Å². The van der Waals surface area contributed by atoms with Crippen LogP contribution in [-0.2, 0) is 23.7 Å². The van der Waals surface area contributed by atoms with Gasteiger partial charge in [-0.05, 0) is 132 Å². The van der Waals surface area contributed by atoms with Crippen LogP contribution in [0.2, 0.25) is 0 Å². The van der Waals surface area contributed by atoms with Crippen molar-refractivity contribution >= 4 is 27.7 Å². The molecular weight excluding hydrogens is 835 g/mol. The number of halogens is 2. The Hall–Kier alpha value is -6.88. The maximum Gasteiger partial charge on any atom is 0.438 e. The molecule has 0 aliphatic carbocycles. The molecule has 2 saturated heterocycles. The first-order valence-corrected chi connectivity index (χ1v) is 22.0. The molecule has 0 spiro atoms. The molecule has 3 aromatic carbocycles. The standard InChI is InChI=1S/C48H48F2N10O5/c1-25-18-31(19-26(2)40(25)49)60-42(57-16-15-56(46(57)63)37-13-12-35-32(41(37)50)24-51-55(35)7)39-33(53-60)22-30-9-11-36(39)58(30)43(61)38-21-29-20-27(28-14-17-64-47(3,4)23-28)8-10-34(29)59(38)48(5,6)44-52-45(62)65-54-44/h8,10,12-13,15-16,18-21,24,28,30,36H,9,11,14,17,22-23H2,1-7H3,(H,52,54,62)/t28-,30+,36-/m0/s1. The average Bonchev–Trinajstić information content (AvgIpc) is 4.13. The van der Waals surface area contributed by atoms with Crippen molar-refractivity contribution in [2.45, 2.75) is 103 Å². The number of carbonyl (C=O) groups is 1. The minimum Gasteiger partial charge on any atom is -0.376 e. The van der Waals surface area contributed by atoms with Crippen LogP contribution < -0.4 is 11.4 Å². The first-order valence-electron chi connectivity index (χ1n) is 22.0. The number of rotatable bonds is 7. The second-order valence-corrected chi connectivity index (χ2v) is 19.1. The van der Waals surface area contributed by atoms with Crippen molar-refractivity contribution in [1.29, 1.82) is 0 Å². The number of fused-ring (bicyclic) bond motifs is 6. The number of aromatic nitrogens is 9. The van der Waals surface area contributed by atoms with Crippen molar-refractivity contribution in [3.8, 4) is 17.2 Å². The highest BCUT2D eigenvalue weighted by Crippen LogP contribution is 2.48. The number of aromatic amines is 1. The van der Waals surface area contributed by atoms with Crippen LogP contribution in [0.25, 0.3) is 39.0 Å². The number of nitrogens with one attached hydrogen (secondary N) is 1. The summed E-state index contributed by atoms with van der Waals surface area (Å²) in [6.07, 6.45) is 7.90. The Balaban J connectivity index is 1.07. The van der Waals surface area contributed by atoms with Crippen LogP contribution in [0.5, 0.6) is 0 Å². The van der Waals surface area contributed by atoms with Crippen LogP contribution in [0, 0.1) is 25.5 Å². The molecule has 3 aliphatic heterocycles. The van der Waals surface area contributed by atoms with Gasteiger partial charge in [0.25, 0.3) is 5.91 Å². The molecule has 2 fully saturated rings. The van der Waals surface area contributed by atoms with Crippen molar-refractivity contribution in [2.75, 3.05) is 6.61 Å². The van der Waals surface area contributed by atoms with Crippen molar-refractivity contribution in [3.63, 3.8) is 0 Å². The van der Waals surface area contributed by atoms with Crippen molar-refractivity contribution in [1.82, 2.24) is 48.3 Å². The molecule has 0 radical (unpaired) electrons. The van der Waals surface area contributed by atoms with Gasteiger partial charge in [-0.15, -0.1) is 0 Å². The molecule has 3 aliphatic rings. The van der Waals surface area contributed by atoms with Crippen molar-refractivity contribution in [3.05, 3.63) is 139 Å². The Kier molecular flexibility index (Phi) is 9.00. The summed E-state index contributed by atoms with van der Waals surface area (Å²) in [6.45, 7) is 12.0. The van der Waals surface area contributed by atoms with Crippen molar-refractivity contribution in [2.24, 2.45) is 7.05 Å². The molecule has 15 nitrogen and oxygen atoms in total. The van der Waals surface area contributed by atoms with Crippen LogP contribution in [0.1, 0.15) is 110 Å². The Bertz CT molecular complexity index is 3370. The van der Waals surface area contributed by atoms with Crippen LogP contribution in [0.15, 0.2) is 81.2 Å². The number of H-pyrrole nitrogens is 1. The number of aryl methyl sites for hydroxylation is 3. The van der Waals surface area contributed by atoms with E-state index in [0.717, 1.165) is 29.3 Å². The maximum atomic E-state index is 16.2. The molecule has 0 unspecified atom stereocenters. The van der Waals surface area contributed by atoms with E-state index in [9.17, 15) is 9.59 Å². The Morgan fingerprint density at radius 2 is 1.69 bits per heavy atom. The molecule has 8 aromatic rings. The van der Waals surface area contributed by atoms with E-state index in [1.165, 1.54) is 21.5 Å². The number of hydrogen-bond donors (Lipinski definition) is 1. The summed E-state index contributed by atoms with van der Waals surface area (Å²) >= 11 is 0. The van der Waals surface area contributed by atoms with Crippen LogP contribution >= 0.6 is 0 Å². The lowest BCUT2D eigenvalue weighted by molar-refractivity contribution is -0.0592. The van der Waals surface area contributed by atoms with Gasteiger partial charge in [0.15, 0.2) is 11.6 Å². The van der Waals surface area contributed by atoms with Gasteiger partial charge in [-0.25, -0.2) is 23.1 Å². The Morgan fingerprint density at radius 3 is 2.43 bits per heavy atom. The molecule has 17 heteroatoms. The third-order valence-electron chi connectivity index (χ3n) is 14.0. The number of amides is 1. The van der Waals surface area contributed by atoms with E-state index in [1.54, 1.807) is 60.7 Å². The van der Waals surface area contributed by atoms with Gasteiger partial charge in [-0.3, -0.25) is 28.1 Å². The summed E-state index contributed by atoms with van der Waals surface area (Å²) in [5.74, 6) is -0.986. The molecular formula is C48H48F2N10O5. The number of nitrogens with zero attached hydrogens (tertiary/aromatic N) is 9. The summed E-state index contributed by atoms with van der Waals surface area (Å²) in [5, 5.41) is 14.6. The number of imidazole rings is 1. The van der Waals surface area contributed by atoms with Gasteiger partial charge >= 0.3 is 11.4 Å². The second kappa shape index (κ2) is 14.3. The van der Waals surface area contributed by atoms with Gasteiger partial charge in [0.1, 0.15) is 22.9 Å². The number of carbonyl (C=O) groups excluding carboxylic acids is 1.